The Hall–Kier alpha value is -0.820. The number of alkyl halides is 2. The summed E-state index contributed by atoms with van der Waals surface area (Å²) in [5.74, 6) is -2.59. The molecule has 8 atom stereocenters. The van der Waals surface area contributed by atoms with Crippen LogP contribution in [0.3, 0.4) is 0 Å². The lowest BCUT2D eigenvalue weighted by molar-refractivity contribution is -0.196. The molecule has 29 heavy (non-hydrogen) atoms. The van der Waals surface area contributed by atoms with E-state index in [-0.39, 0.29) is 30.3 Å². The third-order valence-electron chi connectivity index (χ3n) is 7.17. The van der Waals surface area contributed by atoms with E-state index in [1.54, 1.807) is 0 Å². The molecular weight excluding hydrogens is 460 g/mol. The van der Waals surface area contributed by atoms with Crippen LogP contribution in [0.4, 0.5) is 0 Å². The first-order chi connectivity index (χ1) is 13.8. The quantitative estimate of drug-likeness (QED) is 0.494. The monoisotopic (exact) mass is 473 g/mol. The summed E-state index contributed by atoms with van der Waals surface area (Å²) in [6.07, 6.45) is -0.690. The van der Waals surface area contributed by atoms with Gasteiger partial charge in [-0.1, -0.05) is 53.5 Å². The number of carbonyl (C=O) groups is 2. The highest BCUT2D eigenvalue weighted by molar-refractivity contribution is 6.51. The second-order valence-electron chi connectivity index (χ2n) is 8.43. The molecular formula is C20H15Cl4NO4. The number of hydrogen-bond donors (Lipinski definition) is 0. The van der Waals surface area contributed by atoms with E-state index < -0.39 is 33.8 Å². The summed E-state index contributed by atoms with van der Waals surface area (Å²) < 4.78 is 6.13. The summed E-state index contributed by atoms with van der Waals surface area (Å²) in [6.45, 7) is 0.124. The minimum Gasteiger partial charge on any atom is -0.373 e. The largest absolute Gasteiger partial charge is 0.373 e. The molecule has 4 fully saturated rings. The number of rotatable bonds is 3. The van der Waals surface area contributed by atoms with Gasteiger partial charge in [-0.05, 0) is 12.0 Å². The second-order valence-corrected chi connectivity index (χ2v) is 10.5. The molecule has 2 amide bonds. The number of halogens is 4. The molecule has 0 N–H and O–H groups in total. The standard InChI is InChI=1S/C20H15Cl4NO4/c21-15-16(22)20(24)7-19(15,23)11-12(20)14-10-9(13(11)29-14)17(26)25(18(10)27)28-6-8-4-2-1-3-5-8/h1-5,9-14H,6-7H2/t9-,10-,11-,12-,13+,14+,19+,20+/m0/s1. The van der Waals surface area contributed by atoms with Crippen LogP contribution >= 0.6 is 46.4 Å². The lowest BCUT2D eigenvalue weighted by atomic mass is 9.65. The van der Waals surface area contributed by atoms with Crippen LogP contribution in [0.5, 0.6) is 0 Å². The van der Waals surface area contributed by atoms with Crippen molar-refractivity contribution >= 4 is 58.2 Å². The van der Waals surface area contributed by atoms with Crippen molar-refractivity contribution in [2.75, 3.05) is 0 Å². The van der Waals surface area contributed by atoms with Gasteiger partial charge < -0.3 is 4.74 Å². The molecule has 3 aliphatic heterocycles. The van der Waals surface area contributed by atoms with Crippen molar-refractivity contribution < 1.29 is 19.2 Å². The van der Waals surface area contributed by atoms with Gasteiger partial charge in [0.2, 0.25) is 0 Å². The number of fused-ring (bicyclic) bond motifs is 12. The van der Waals surface area contributed by atoms with E-state index in [0.29, 0.717) is 16.5 Å². The lowest BCUT2D eigenvalue weighted by Gasteiger charge is -2.40. The summed E-state index contributed by atoms with van der Waals surface area (Å²) in [5.41, 5.74) is 0.862. The molecule has 2 aliphatic carbocycles. The van der Waals surface area contributed by atoms with Gasteiger partial charge in [0.25, 0.3) is 11.8 Å². The molecule has 5 nitrogen and oxygen atoms in total. The first-order valence-corrected chi connectivity index (χ1v) is 10.9. The molecule has 6 rings (SSSR count). The van der Waals surface area contributed by atoms with E-state index in [9.17, 15) is 9.59 Å². The number of ether oxygens (including phenoxy) is 1. The van der Waals surface area contributed by atoms with E-state index >= 15 is 0 Å². The Balaban J connectivity index is 1.32. The summed E-state index contributed by atoms with van der Waals surface area (Å²) >= 11 is 26.7. The number of nitrogens with zero attached hydrogens (tertiary/aromatic N) is 1. The zero-order valence-electron chi connectivity index (χ0n) is 14.9. The number of imide groups is 1. The maximum atomic E-state index is 13.1. The van der Waals surface area contributed by atoms with Gasteiger partial charge >= 0.3 is 0 Å². The molecule has 5 aliphatic rings. The molecule has 1 aromatic rings. The molecule has 0 spiro atoms. The minimum atomic E-state index is -0.961. The van der Waals surface area contributed by atoms with Crippen LogP contribution in [-0.4, -0.2) is 38.8 Å². The molecule has 0 unspecified atom stereocenters. The molecule has 4 bridgehead atoms. The zero-order valence-corrected chi connectivity index (χ0v) is 17.9. The summed E-state index contributed by atoms with van der Waals surface area (Å²) in [6, 6.07) is 9.35. The van der Waals surface area contributed by atoms with Gasteiger partial charge in [0.1, 0.15) is 6.61 Å². The topological polar surface area (TPSA) is 55.8 Å². The number of hydroxylamine groups is 2. The highest BCUT2D eigenvalue weighted by Crippen LogP contribution is 2.75. The first-order valence-electron chi connectivity index (χ1n) is 9.43. The van der Waals surface area contributed by atoms with Crippen LogP contribution in [0.25, 0.3) is 0 Å². The van der Waals surface area contributed by atoms with Crippen molar-refractivity contribution in [3.63, 3.8) is 0 Å². The van der Waals surface area contributed by atoms with Crippen molar-refractivity contribution in [1.82, 2.24) is 5.06 Å². The second kappa shape index (κ2) is 5.90. The van der Waals surface area contributed by atoms with E-state index in [1.807, 2.05) is 30.3 Å². The van der Waals surface area contributed by atoms with Crippen LogP contribution < -0.4 is 0 Å². The van der Waals surface area contributed by atoms with E-state index in [0.717, 1.165) is 10.6 Å². The Labute approximate surface area is 186 Å². The third kappa shape index (κ3) is 2.12. The van der Waals surface area contributed by atoms with Gasteiger partial charge in [0.15, 0.2) is 0 Å². The average molecular weight is 475 g/mol. The molecule has 1 aromatic carbocycles. The highest BCUT2D eigenvalue weighted by Gasteiger charge is 2.82. The van der Waals surface area contributed by atoms with E-state index in [1.165, 1.54) is 0 Å². The number of hydrogen-bond acceptors (Lipinski definition) is 4. The predicted molar refractivity (Wildman–Crippen MR) is 106 cm³/mol. The number of carbonyl (C=O) groups excluding carboxylic acids is 2. The van der Waals surface area contributed by atoms with Gasteiger partial charge in [0.05, 0.1) is 43.9 Å². The smallest absolute Gasteiger partial charge is 0.260 e. The highest BCUT2D eigenvalue weighted by atomic mass is 35.5. The Morgan fingerprint density at radius 2 is 1.48 bits per heavy atom. The van der Waals surface area contributed by atoms with Gasteiger partial charge in [-0.2, -0.15) is 5.06 Å². The zero-order chi connectivity index (χ0) is 20.3. The Morgan fingerprint density at radius 3 is 2.00 bits per heavy atom. The van der Waals surface area contributed by atoms with E-state index in [4.69, 9.17) is 56.0 Å². The van der Waals surface area contributed by atoms with Crippen molar-refractivity contribution in [2.45, 2.75) is 35.0 Å². The molecule has 152 valence electrons. The number of amides is 2. The van der Waals surface area contributed by atoms with Crippen LogP contribution in [0.2, 0.25) is 0 Å². The maximum absolute atomic E-state index is 13.1. The third-order valence-corrected chi connectivity index (χ3v) is 9.66. The van der Waals surface area contributed by atoms with Crippen LogP contribution in [0.15, 0.2) is 40.4 Å². The summed E-state index contributed by atoms with van der Waals surface area (Å²) in [5, 5.41) is 1.56. The molecule has 0 aromatic heterocycles. The van der Waals surface area contributed by atoms with Crippen molar-refractivity contribution in [3.05, 3.63) is 46.0 Å². The molecule has 1 saturated carbocycles. The van der Waals surface area contributed by atoms with Crippen LogP contribution in [0.1, 0.15) is 12.0 Å². The molecule has 9 heteroatoms. The fraction of sp³-hybridized carbons (Fsp3) is 0.500. The Morgan fingerprint density at radius 1 is 0.966 bits per heavy atom. The fourth-order valence-electron chi connectivity index (χ4n) is 6.11. The van der Waals surface area contributed by atoms with Gasteiger partial charge in [-0.3, -0.25) is 14.4 Å². The number of allylic oxidation sites excluding steroid dienone is 2. The number of benzene rings is 1. The van der Waals surface area contributed by atoms with Gasteiger partial charge in [-0.15, -0.1) is 23.2 Å². The van der Waals surface area contributed by atoms with Crippen molar-refractivity contribution in [2.24, 2.45) is 23.7 Å². The normalized spacial score (nSPS) is 46.8. The summed E-state index contributed by atoms with van der Waals surface area (Å²) in [4.78, 5) is 29.9. The van der Waals surface area contributed by atoms with Crippen LogP contribution in [0, 0.1) is 23.7 Å². The minimum absolute atomic E-state index is 0.124. The fourth-order valence-corrected chi connectivity index (χ4v) is 8.12. The van der Waals surface area contributed by atoms with Gasteiger partial charge in [-0.25, -0.2) is 0 Å². The summed E-state index contributed by atoms with van der Waals surface area (Å²) in [7, 11) is 0. The average Bonchev–Trinajstić information content (AvgIpc) is 3.43. The molecule has 3 saturated heterocycles. The Bertz CT molecular complexity index is 932. The maximum Gasteiger partial charge on any atom is 0.260 e. The van der Waals surface area contributed by atoms with Crippen molar-refractivity contribution in [3.8, 4) is 0 Å². The Kier molecular flexibility index (Phi) is 3.85. The first kappa shape index (κ1) is 18.9. The molecule has 3 heterocycles. The SMILES string of the molecule is O=C1[C@@H]2[C@H]3O[C@H]([C@H]2C(=O)N1OCc1ccccc1)[C@@H]1[C@@H]3[C@]2(Cl)C[C@]1(Cl)C(Cl)=C2Cl. The van der Waals surface area contributed by atoms with Crippen molar-refractivity contribution in [1.29, 1.82) is 0 Å². The van der Waals surface area contributed by atoms with Crippen LogP contribution in [-0.2, 0) is 25.8 Å². The van der Waals surface area contributed by atoms with E-state index in [2.05, 4.69) is 0 Å². The predicted octanol–water partition coefficient (Wildman–Crippen LogP) is 3.79. The lowest BCUT2D eigenvalue weighted by Crippen LogP contribution is -2.50. The molecule has 0 radical (unpaired) electrons. The van der Waals surface area contributed by atoms with Gasteiger partial charge in [0, 0.05) is 11.8 Å².